The van der Waals surface area contributed by atoms with Crippen molar-refractivity contribution in [3.8, 4) is 0 Å². The first-order chi connectivity index (χ1) is 6.33. The first-order valence-corrected chi connectivity index (χ1v) is 5.36. The second-order valence-electron chi connectivity index (χ2n) is 3.82. The van der Waals surface area contributed by atoms with E-state index in [1.807, 2.05) is 0 Å². The highest BCUT2D eigenvalue weighted by Gasteiger charge is 2.33. The average molecular weight is 186 g/mol. The molecule has 0 bridgehead atoms. The molecule has 0 aromatic heterocycles. The highest BCUT2D eigenvalue weighted by atomic mass is 16.5. The third kappa shape index (κ3) is 3.25. The van der Waals surface area contributed by atoms with Gasteiger partial charge in [0.15, 0.2) is 0 Å². The van der Waals surface area contributed by atoms with Crippen molar-refractivity contribution in [1.29, 1.82) is 0 Å². The van der Waals surface area contributed by atoms with Gasteiger partial charge in [0.2, 0.25) is 0 Å². The van der Waals surface area contributed by atoms with Crippen molar-refractivity contribution < 1.29 is 4.74 Å². The summed E-state index contributed by atoms with van der Waals surface area (Å²) in [7, 11) is 0. The van der Waals surface area contributed by atoms with Crippen molar-refractivity contribution in [3.05, 3.63) is 0 Å². The molecule has 0 unspecified atom stereocenters. The molecule has 0 amide bonds. The normalized spacial score (nSPS) is 19.8. The molecule has 3 N–H and O–H groups in total. The zero-order valence-electron chi connectivity index (χ0n) is 8.64. The van der Waals surface area contributed by atoms with Gasteiger partial charge in [-0.25, -0.2) is 0 Å². The molecule has 0 heterocycles. The Morgan fingerprint density at radius 3 is 2.62 bits per heavy atom. The summed E-state index contributed by atoms with van der Waals surface area (Å²) >= 11 is 0. The van der Waals surface area contributed by atoms with Crippen LogP contribution in [0.3, 0.4) is 0 Å². The number of hydrogen-bond acceptors (Lipinski definition) is 3. The molecule has 1 rings (SSSR count). The lowest BCUT2D eigenvalue weighted by atomic mass is 9.75. The fourth-order valence-corrected chi connectivity index (χ4v) is 1.83. The molecule has 0 aromatic carbocycles. The summed E-state index contributed by atoms with van der Waals surface area (Å²) < 4.78 is 5.30. The third-order valence-electron chi connectivity index (χ3n) is 3.00. The van der Waals surface area contributed by atoms with E-state index in [-0.39, 0.29) is 0 Å². The molecule has 13 heavy (non-hydrogen) atoms. The van der Waals surface area contributed by atoms with Crippen molar-refractivity contribution in [1.82, 2.24) is 5.32 Å². The molecule has 1 aliphatic rings. The summed E-state index contributed by atoms with van der Waals surface area (Å²) in [5.74, 6) is 0. The molecule has 0 radical (unpaired) electrons. The minimum atomic E-state index is 0.450. The summed E-state index contributed by atoms with van der Waals surface area (Å²) in [6.45, 7) is 5.32. The second kappa shape index (κ2) is 5.58. The number of hydrogen-bond donors (Lipinski definition) is 2. The van der Waals surface area contributed by atoms with Gasteiger partial charge in [-0.1, -0.05) is 6.92 Å². The zero-order valence-corrected chi connectivity index (χ0v) is 8.64. The van der Waals surface area contributed by atoms with Crippen LogP contribution in [0.25, 0.3) is 0 Å². The maximum Gasteiger partial charge on any atom is 0.0591 e. The highest BCUT2D eigenvalue weighted by Crippen LogP contribution is 2.34. The number of ether oxygens (including phenoxy) is 1. The molecular formula is C10H22N2O. The van der Waals surface area contributed by atoms with E-state index in [0.717, 1.165) is 13.2 Å². The van der Waals surface area contributed by atoms with Crippen LogP contribution in [0, 0.1) is 0 Å². The summed E-state index contributed by atoms with van der Waals surface area (Å²) in [5, 5.41) is 3.58. The van der Waals surface area contributed by atoms with Crippen LogP contribution in [-0.2, 0) is 4.74 Å². The van der Waals surface area contributed by atoms with Gasteiger partial charge in [-0.05, 0) is 25.7 Å². The molecule has 0 aliphatic heterocycles. The topological polar surface area (TPSA) is 47.3 Å². The quantitative estimate of drug-likeness (QED) is 0.580. The average Bonchev–Trinajstić information content (AvgIpc) is 2.09. The van der Waals surface area contributed by atoms with Crippen LogP contribution in [-0.4, -0.2) is 31.8 Å². The van der Waals surface area contributed by atoms with Crippen molar-refractivity contribution in [3.63, 3.8) is 0 Å². The molecule has 0 spiro atoms. The van der Waals surface area contributed by atoms with Gasteiger partial charge >= 0.3 is 0 Å². The van der Waals surface area contributed by atoms with Crippen LogP contribution >= 0.6 is 0 Å². The smallest absolute Gasteiger partial charge is 0.0591 e. The first kappa shape index (κ1) is 11.0. The van der Waals surface area contributed by atoms with Crippen LogP contribution in [0.15, 0.2) is 0 Å². The molecule has 1 saturated carbocycles. The van der Waals surface area contributed by atoms with Crippen LogP contribution in [0.1, 0.15) is 32.6 Å². The Bertz CT molecular complexity index is 129. The van der Waals surface area contributed by atoms with Gasteiger partial charge in [-0.3, -0.25) is 0 Å². The first-order valence-electron chi connectivity index (χ1n) is 5.36. The van der Waals surface area contributed by atoms with Crippen molar-refractivity contribution in [2.45, 2.75) is 38.1 Å². The fourth-order valence-electron chi connectivity index (χ4n) is 1.83. The Hall–Kier alpha value is -0.120. The Morgan fingerprint density at radius 2 is 2.15 bits per heavy atom. The lowest BCUT2D eigenvalue weighted by Gasteiger charge is -2.42. The summed E-state index contributed by atoms with van der Waals surface area (Å²) in [6.07, 6.45) is 5.29. The molecule has 0 saturated heterocycles. The van der Waals surface area contributed by atoms with Crippen LogP contribution < -0.4 is 11.1 Å². The Balaban J connectivity index is 1.98. The molecule has 3 nitrogen and oxygen atoms in total. The van der Waals surface area contributed by atoms with Crippen LogP contribution in [0.2, 0.25) is 0 Å². The lowest BCUT2D eigenvalue weighted by Crippen LogP contribution is -2.51. The van der Waals surface area contributed by atoms with E-state index < -0.39 is 0 Å². The number of rotatable bonds is 7. The molecule has 3 heteroatoms. The highest BCUT2D eigenvalue weighted by molar-refractivity contribution is 4.94. The van der Waals surface area contributed by atoms with Gasteiger partial charge in [0.05, 0.1) is 13.2 Å². The minimum Gasteiger partial charge on any atom is -0.379 e. The Morgan fingerprint density at radius 1 is 1.38 bits per heavy atom. The zero-order chi connectivity index (χ0) is 9.57. The van der Waals surface area contributed by atoms with Gasteiger partial charge in [-0.15, -0.1) is 0 Å². The molecular weight excluding hydrogens is 164 g/mol. The van der Waals surface area contributed by atoms with Crippen LogP contribution in [0.5, 0.6) is 0 Å². The van der Waals surface area contributed by atoms with Gasteiger partial charge < -0.3 is 15.8 Å². The number of nitrogens with two attached hydrogens (primary N) is 1. The maximum atomic E-state index is 5.31. The summed E-state index contributed by atoms with van der Waals surface area (Å²) in [4.78, 5) is 0. The van der Waals surface area contributed by atoms with E-state index in [1.54, 1.807) is 0 Å². The standard InChI is InChI=1S/C10H22N2O/c1-2-10(4-3-5-10)12-7-9-13-8-6-11/h12H,2-9,11H2,1H3. The molecule has 0 atom stereocenters. The fraction of sp³-hybridized carbons (Fsp3) is 1.00. The van der Waals surface area contributed by atoms with Gasteiger partial charge in [0, 0.05) is 18.6 Å². The van der Waals surface area contributed by atoms with Gasteiger partial charge in [0.1, 0.15) is 0 Å². The summed E-state index contributed by atoms with van der Waals surface area (Å²) in [5.41, 5.74) is 5.77. The van der Waals surface area contributed by atoms with E-state index >= 15 is 0 Å². The van der Waals surface area contributed by atoms with E-state index in [4.69, 9.17) is 10.5 Å². The number of nitrogens with one attached hydrogen (secondary N) is 1. The minimum absolute atomic E-state index is 0.450. The van der Waals surface area contributed by atoms with Crippen LogP contribution in [0.4, 0.5) is 0 Å². The molecule has 78 valence electrons. The molecule has 1 aliphatic carbocycles. The summed E-state index contributed by atoms with van der Waals surface area (Å²) in [6, 6.07) is 0. The predicted octanol–water partition coefficient (Wildman–Crippen LogP) is 0.884. The van der Waals surface area contributed by atoms with Crippen molar-refractivity contribution in [2.75, 3.05) is 26.3 Å². The van der Waals surface area contributed by atoms with Crippen molar-refractivity contribution >= 4 is 0 Å². The monoisotopic (exact) mass is 186 g/mol. The van der Waals surface area contributed by atoms with E-state index in [9.17, 15) is 0 Å². The molecule has 0 aromatic rings. The SMILES string of the molecule is CCC1(NCCOCCN)CCC1. The van der Waals surface area contributed by atoms with Gasteiger partial charge in [-0.2, -0.15) is 0 Å². The van der Waals surface area contributed by atoms with E-state index in [1.165, 1.54) is 25.7 Å². The predicted molar refractivity (Wildman–Crippen MR) is 54.7 cm³/mol. The van der Waals surface area contributed by atoms with E-state index in [0.29, 0.717) is 18.7 Å². The van der Waals surface area contributed by atoms with Crippen molar-refractivity contribution in [2.24, 2.45) is 5.73 Å². The lowest BCUT2D eigenvalue weighted by molar-refractivity contribution is 0.114. The Labute approximate surface area is 81.0 Å². The van der Waals surface area contributed by atoms with E-state index in [2.05, 4.69) is 12.2 Å². The third-order valence-corrected chi connectivity index (χ3v) is 3.00. The second-order valence-corrected chi connectivity index (χ2v) is 3.82. The largest absolute Gasteiger partial charge is 0.379 e. The van der Waals surface area contributed by atoms with Gasteiger partial charge in [0.25, 0.3) is 0 Å². The maximum absolute atomic E-state index is 5.31. The Kier molecular flexibility index (Phi) is 4.70. The molecule has 1 fully saturated rings.